The summed E-state index contributed by atoms with van der Waals surface area (Å²) in [5.74, 6) is 0.212. The van der Waals surface area contributed by atoms with E-state index in [9.17, 15) is 12.8 Å². The lowest BCUT2D eigenvalue weighted by atomic mass is 10.2. The quantitative estimate of drug-likeness (QED) is 0.946. The molecule has 2 heterocycles. The fourth-order valence-electron chi connectivity index (χ4n) is 2.65. The van der Waals surface area contributed by atoms with Crippen LogP contribution in [0.15, 0.2) is 35.4 Å². The van der Waals surface area contributed by atoms with E-state index in [0.29, 0.717) is 12.4 Å². The van der Waals surface area contributed by atoms with Crippen molar-refractivity contribution in [3.63, 3.8) is 0 Å². The van der Waals surface area contributed by atoms with Gasteiger partial charge in [0, 0.05) is 18.4 Å². The van der Waals surface area contributed by atoms with E-state index >= 15 is 0 Å². The first-order chi connectivity index (χ1) is 9.98. The van der Waals surface area contributed by atoms with Gasteiger partial charge in [-0.15, -0.1) is 0 Å². The number of halogens is 1. The summed E-state index contributed by atoms with van der Waals surface area (Å²) in [5, 5.41) is 0. The minimum atomic E-state index is -3.64. The molecule has 0 aliphatic carbocycles. The number of benzene rings is 1. The Morgan fingerprint density at radius 2 is 2.05 bits per heavy atom. The highest BCUT2D eigenvalue weighted by molar-refractivity contribution is 7.89. The molecule has 112 valence electrons. The van der Waals surface area contributed by atoms with Gasteiger partial charge >= 0.3 is 0 Å². The summed E-state index contributed by atoms with van der Waals surface area (Å²) in [6.07, 6.45) is 3.20. The molecule has 1 fully saturated rings. The Labute approximate surface area is 122 Å². The second kappa shape index (κ2) is 5.23. The van der Waals surface area contributed by atoms with E-state index in [0.717, 1.165) is 30.7 Å². The number of imidazole rings is 1. The molecule has 1 aromatic heterocycles. The first-order valence-corrected chi connectivity index (χ1v) is 8.21. The van der Waals surface area contributed by atoms with E-state index in [2.05, 4.69) is 9.97 Å². The zero-order valence-electron chi connectivity index (χ0n) is 11.6. The van der Waals surface area contributed by atoms with Crippen molar-refractivity contribution in [2.24, 2.45) is 0 Å². The van der Waals surface area contributed by atoms with Gasteiger partial charge in [-0.2, -0.15) is 4.31 Å². The molecule has 3 rings (SSSR count). The predicted molar refractivity (Wildman–Crippen MR) is 75.6 cm³/mol. The molecule has 21 heavy (non-hydrogen) atoms. The molecule has 0 bridgehead atoms. The molecular weight excluding hydrogens is 293 g/mol. The number of aromatic amines is 1. The average molecular weight is 309 g/mol. The Hall–Kier alpha value is -1.73. The first-order valence-electron chi connectivity index (χ1n) is 6.77. The molecule has 1 atom stereocenters. The van der Waals surface area contributed by atoms with Crippen LogP contribution in [0.1, 0.15) is 30.4 Å². The van der Waals surface area contributed by atoms with Gasteiger partial charge in [-0.05, 0) is 44.0 Å². The molecular formula is C14H16FN3O2S. The third-order valence-corrected chi connectivity index (χ3v) is 5.58. The van der Waals surface area contributed by atoms with E-state index in [4.69, 9.17) is 0 Å². The largest absolute Gasteiger partial charge is 0.345 e. The smallest absolute Gasteiger partial charge is 0.243 e. The van der Waals surface area contributed by atoms with Crippen LogP contribution in [-0.2, 0) is 10.0 Å². The monoisotopic (exact) mass is 309 g/mol. The maximum absolute atomic E-state index is 13.0. The summed E-state index contributed by atoms with van der Waals surface area (Å²) < 4.78 is 39.8. The Balaban J connectivity index is 1.96. The van der Waals surface area contributed by atoms with E-state index in [1.54, 1.807) is 6.20 Å². The number of H-pyrrole nitrogens is 1. The van der Waals surface area contributed by atoms with Crippen molar-refractivity contribution >= 4 is 10.0 Å². The zero-order chi connectivity index (χ0) is 15.0. The second-order valence-electron chi connectivity index (χ2n) is 5.18. The highest BCUT2D eigenvalue weighted by Crippen LogP contribution is 2.35. The van der Waals surface area contributed by atoms with Crippen molar-refractivity contribution in [2.75, 3.05) is 6.54 Å². The third kappa shape index (κ3) is 2.58. The number of aromatic nitrogens is 2. The fourth-order valence-corrected chi connectivity index (χ4v) is 4.31. The molecule has 7 heteroatoms. The molecule has 1 aromatic carbocycles. The van der Waals surface area contributed by atoms with Crippen molar-refractivity contribution in [2.45, 2.75) is 30.7 Å². The molecule has 1 aliphatic heterocycles. The average Bonchev–Trinajstić information content (AvgIpc) is 3.07. The van der Waals surface area contributed by atoms with Gasteiger partial charge in [0.15, 0.2) is 0 Å². The second-order valence-corrected chi connectivity index (χ2v) is 7.07. The Kier molecular flexibility index (Phi) is 3.54. The SMILES string of the molecule is Cc1cnc(C2CCCN2S(=O)(=O)c2ccc(F)cc2)[nH]1. The molecule has 0 saturated carbocycles. The van der Waals surface area contributed by atoms with Gasteiger partial charge in [-0.3, -0.25) is 0 Å². The number of hydrogen-bond donors (Lipinski definition) is 1. The third-order valence-electron chi connectivity index (χ3n) is 3.66. The minimum absolute atomic E-state index is 0.110. The van der Waals surface area contributed by atoms with Crippen LogP contribution in [0.25, 0.3) is 0 Å². The normalized spacial score (nSPS) is 20.0. The van der Waals surface area contributed by atoms with Crippen LogP contribution in [-0.4, -0.2) is 29.2 Å². The molecule has 2 aromatic rings. The number of aryl methyl sites for hydroxylation is 1. The van der Waals surface area contributed by atoms with Crippen LogP contribution >= 0.6 is 0 Å². The van der Waals surface area contributed by atoms with Crippen LogP contribution in [0.5, 0.6) is 0 Å². The number of rotatable bonds is 3. The van der Waals surface area contributed by atoms with E-state index in [1.807, 2.05) is 6.92 Å². The Morgan fingerprint density at radius 1 is 1.33 bits per heavy atom. The number of sulfonamides is 1. The summed E-state index contributed by atoms with van der Waals surface area (Å²) in [4.78, 5) is 7.46. The lowest BCUT2D eigenvalue weighted by molar-refractivity contribution is 0.385. The van der Waals surface area contributed by atoms with Crippen molar-refractivity contribution in [3.8, 4) is 0 Å². The molecule has 0 amide bonds. The number of nitrogens with one attached hydrogen (secondary N) is 1. The number of hydrogen-bond acceptors (Lipinski definition) is 3. The van der Waals surface area contributed by atoms with Gasteiger partial charge in [0.1, 0.15) is 11.6 Å². The highest BCUT2D eigenvalue weighted by Gasteiger charge is 2.37. The Morgan fingerprint density at radius 3 is 2.67 bits per heavy atom. The van der Waals surface area contributed by atoms with Crippen molar-refractivity contribution in [1.82, 2.24) is 14.3 Å². The maximum Gasteiger partial charge on any atom is 0.243 e. The predicted octanol–water partition coefficient (Wildman–Crippen LogP) is 2.38. The fraction of sp³-hybridized carbons (Fsp3) is 0.357. The summed E-state index contributed by atoms with van der Waals surface area (Å²) in [6, 6.07) is 4.64. The highest BCUT2D eigenvalue weighted by atomic mass is 32.2. The zero-order valence-corrected chi connectivity index (χ0v) is 12.4. The van der Waals surface area contributed by atoms with Crippen molar-refractivity contribution in [1.29, 1.82) is 0 Å². The molecule has 1 saturated heterocycles. The molecule has 1 unspecified atom stereocenters. The van der Waals surface area contributed by atoms with Gasteiger partial charge in [0.2, 0.25) is 10.0 Å². The minimum Gasteiger partial charge on any atom is -0.345 e. The van der Waals surface area contributed by atoms with E-state index < -0.39 is 15.8 Å². The summed E-state index contributed by atoms with van der Waals surface area (Å²) in [7, 11) is -3.64. The van der Waals surface area contributed by atoms with E-state index in [1.165, 1.54) is 16.4 Å². The molecule has 0 radical (unpaired) electrons. The summed E-state index contributed by atoms with van der Waals surface area (Å²) >= 11 is 0. The topological polar surface area (TPSA) is 66.1 Å². The lowest BCUT2D eigenvalue weighted by Gasteiger charge is -2.22. The summed E-state index contributed by atoms with van der Waals surface area (Å²) in [5.41, 5.74) is 0.899. The first kappa shape index (κ1) is 14.2. The van der Waals surface area contributed by atoms with Crippen LogP contribution in [0, 0.1) is 12.7 Å². The molecule has 0 spiro atoms. The maximum atomic E-state index is 13.0. The Bertz CT molecular complexity index is 740. The van der Waals surface area contributed by atoms with Crippen molar-refractivity contribution in [3.05, 3.63) is 47.8 Å². The standard InChI is InChI=1S/C14H16FN3O2S/c1-10-9-16-14(17-10)13-3-2-8-18(13)21(19,20)12-6-4-11(15)5-7-12/h4-7,9,13H,2-3,8H2,1H3,(H,16,17). The number of nitrogens with zero attached hydrogens (tertiary/aromatic N) is 2. The lowest BCUT2D eigenvalue weighted by Crippen LogP contribution is -2.31. The van der Waals surface area contributed by atoms with E-state index in [-0.39, 0.29) is 10.9 Å². The van der Waals surface area contributed by atoms with Crippen LogP contribution < -0.4 is 0 Å². The molecule has 1 N–H and O–H groups in total. The summed E-state index contributed by atoms with van der Waals surface area (Å²) in [6.45, 7) is 2.33. The van der Waals surface area contributed by atoms with Crippen LogP contribution in [0.2, 0.25) is 0 Å². The van der Waals surface area contributed by atoms with Gasteiger partial charge in [0.25, 0.3) is 0 Å². The van der Waals surface area contributed by atoms with Gasteiger partial charge in [-0.1, -0.05) is 0 Å². The van der Waals surface area contributed by atoms with Crippen LogP contribution in [0.4, 0.5) is 4.39 Å². The van der Waals surface area contributed by atoms with Gasteiger partial charge in [-0.25, -0.2) is 17.8 Å². The van der Waals surface area contributed by atoms with Crippen molar-refractivity contribution < 1.29 is 12.8 Å². The van der Waals surface area contributed by atoms with Crippen LogP contribution in [0.3, 0.4) is 0 Å². The molecule has 1 aliphatic rings. The van der Waals surface area contributed by atoms with Gasteiger partial charge < -0.3 is 4.98 Å². The van der Waals surface area contributed by atoms with Gasteiger partial charge in [0.05, 0.1) is 10.9 Å². The molecule has 5 nitrogen and oxygen atoms in total.